The maximum atomic E-state index is 12.0. The van der Waals surface area contributed by atoms with Crippen molar-refractivity contribution in [3.05, 3.63) is 29.3 Å². The maximum Gasteiger partial charge on any atom is 0.246 e. The zero-order valence-electron chi connectivity index (χ0n) is 10.9. The van der Waals surface area contributed by atoms with Crippen LogP contribution in [0.25, 0.3) is 11.4 Å². The van der Waals surface area contributed by atoms with Crippen LogP contribution in [0.2, 0.25) is 5.02 Å². The Kier molecular flexibility index (Phi) is 3.64. The molecule has 6 nitrogen and oxygen atoms in total. The number of nitrogens with zero attached hydrogens (tertiary/aromatic N) is 5. The van der Waals surface area contributed by atoms with Gasteiger partial charge in [-0.1, -0.05) is 11.6 Å². The van der Waals surface area contributed by atoms with Crippen LogP contribution < -0.4 is 0 Å². The zero-order valence-corrected chi connectivity index (χ0v) is 11.6. The molecule has 0 bridgehead atoms. The lowest BCUT2D eigenvalue weighted by molar-refractivity contribution is -0.131. The van der Waals surface area contributed by atoms with Crippen LogP contribution in [-0.4, -0.2) is 44.1 Å². The largest absolute Gasteiger partial charge is 0.341 e. The van der Waals surface area contributed by atoms with Gasteiger partial charge in [0, 0.05) is 23.7 Å². The fourth-order valence-corrected chi connectivity index (χ4v) is 2.34. The van der Waals surface area contributed by atoms with Crippen molar-refractivity contribution in [1.82, 2.24) is 25.1 Å². The lowest BCUT2D eigenvalue weighted by atomic mass is 10.2. The summed E-state index contributed by atoms with van der Waals surface area (Å²) in [5.74, 6) is 0.540. The van der Waals surface area contributed by atoms with Crippen molar-refractivity contribution < 1.29 is 4.79 Å². The van der Waals surface area contributed by atoms with Crippen LogP contribution in [0.15, 0.2) is 24.3 Å². The van der Waals surface area contributed by atoms with E-state index < -0.39 is 0 Å². The Morgan fingerprint density at radius 2 is 1.90 bits per heavy atom. The van der Waals surface area contributed by atoms with E-state index in [2.05, 4.69) is 15.4 Å². The van der Waals surface area contributed by atoms with E-state index in [0.29, 0.717) is 10.8 Å². The first kappa shape index (κ1) is 13.1. The van der Waals surface area contributed by atoms with E-state index in [4.69, 9.17) is 11.6 Å². The van der Waals surface area contributed by atoms with Crippen LogP contribution in [0.4, 0.5) is 0 Å². The number of hydrogen-bond acceptors (Lipinski definition) is 4. The predicted molar refractivity (Wildman–Crippen MR) is 74.1 cm³/mol. The Hall–Kier alpha value is -1.95. The van der Waals surface area contributed by atoms with Crippen LogP contribution >= 0.6 is 11.6 Å². The number of halogens is 1. The van der Waals surface area contributed by atoms with Gasteiger partial charge in [0.1, 0.15) is 6.54 Å². The van der Waals surface area contributed by atoms with E-state index in [1.807, 2.05) is 17.0 Å². The first-order valence-corrected chi connectivity index (χ1v) is 6.92. The first-order valence-electron chi connectivity index (χ1n) is 6.54. The molecule has 1 fully saturated rings. The van der Waals surface area contributed by atoms with Gasteiger partial charge >= 0.3 is 0 Å². The highest BCUT2D eigenvalue weighted by Crippen LogP contribution is 2.17. The van der Waals surface area contributed by atoms with Gasteiger partial charge < -0.3 is 4.90 Å². The molecule has 1 aliphatic heterocycles. The lowest BCUT2D eigenvalue weighted by Gasteiger charge is -2.13. The van der Waals surface area contributed by atoms with Crippen molar-refractivity contribution >= 4 is 17.5 Å². The first-order chi connectivity index (χ1) is 9.72. The molecule has 0 N–H and O–H groups in total. The molecule has 0 unspecified atom stereocenters. The fourth-order valence-electron chi connectivity index (χ4n) is 2.21. The number of benzene rings is 1. The molecule has 1 saturated heterocycles. The van der Waals surface area contributed by atoms with Crippen molar-refractivity contribution in [2.75, 3.05) is 13.1 Å². The van der Waals surface area contributed by atoms with Crippen LogP contribution in [-0.2, 0) is 11.3 Å². The Morgan fingerprint density at radius 3 is 2.60 bits per heavy atom. The molecule has 0 atom stereocenters. The summed E-state index contributed by atoms with van der Waals surface area (Å²) in [5, 5.41) is 12.8. The quantitative estimate of drug-likeness (QED) is 0.862. The standard InChI is InChI=1S/C13H14ClN5O/c14-11-5-3-10(4-6-11)13-15-17-19(16-13)9-12(20)18-7-1-2-8-18/h3-6H,1-2,7-9H2. The third kappa shape index (κ3) is 2.80. The number of carbonyl (C=O) groups excluding carboxylic acids is 1. The number of tetrazole rings is 1. The summed E-state index contributed by atoms with van der Waals surface area (Å²) < 4.78 is 0. The summed E-state index contributed by atoms with van der Waals surface area (Å²) in [6, 6.07) is 7.19. The van der Waals surface area contributed by atoms with Crippen molar-refractivity contribution in [3.63, 3.8) is 0 Å². The molecule has 104 valence electrons. The van der Waals surface area contributed by atoms with Gasteiger partial charge in [-0.15, -0.1) is 10.2 Å². The van der Waals surface area contributed by atoms with Gasteiger partial charge in [-0.25, -0.2) is 0 Å². The highest BCUT2D eigenvalue weighted by atomic mass is 35.5. The summed E-state index contributed by atoms with van der Waals surface area (Å²) in [5.41, 5.74) is 0.828. The monoisotopic (exact) mass is 291 g/mol. The van der Waals surface area contributed by atoms with Gasteiger partial charge in [-0.2, -0.15) is 4.80 Å². The van der Waals surface area contributed by atoms with Crippen LogP contribution in [0.1, 0.15) is 12.8 Å². The molecule has 1 aromatic carbocycles. The highest BCUT2D eigenvalue weighted by Gasteiger charge is 2.19. The van der Waals surface area contributed by atoms with E-state index in [-0.39, 0.29) is 12.5 Å². The van der Waals surface area contributed by atoms with Crippen LogP contribution in [0.3, 0.4) is 0 Å². The number of amides is 1. The molecule has 2 aromatic rings. The molecule has 1 amide bonds. The summed E-state index contributed by atoms with van der Waals surface area (Å²) in [4.78, 5) is 15.2. The van der Waals surface area contributed by atoms with Gasteiger partial charge in [0.05, 0.1) is 0 Å². The molecule has 0 saturated carbocycles. The topological polar surface area (TPSA) is 63.9 Å². The average Bonchev–Trinajstić information content (AvgIpc) is 3.10. The van der Waals surface area contributed by atoms with Crippen molar-refractivity contribution in [2.24, 2.45) is 0 Å². The normalized spacial score (nSPS) is 14.8. The molecular formula is C13H14ClN5O. The molecular weight excluding hydrogens is 278 g/mol. The molecule has 20 heavy (non-hydrogen) atoms. The van der Waals surface area contributed by atoms with Gasteiger partial charge in [-0.05, 0) is 42.3 Å². The SMILES string of the molecule is O=C(Cn1nnc(-c2ccc(Cl)cc2)n1)N1CCCC1. The Labute approximate surface area is 121 Å². The number of rotatable bonds is 3. The third-order valence-electron chi connectivity index (χ3n) is 3.29. The zero-order chi connectivity index (χ0) is 13.9. The number of hydrogen-bond donors (Lipinski definition) is 0. The van der Waals surface area contributed by atoms with Gasteiger partial charge in [0.2, 0.25) is 11.7 Å². The van der Waals surface area contributed by atoms with Crippen LogP contribution in [0, 0.1) is 0 Å². The minimum absolute atomic E-state index is 0.0440. The van der Waals surface area contributed by atoms with E-state index >= 15 is 0 Å². The van der Waals surface area contributed by atoms with E-state index in [1.54, 1.807) is 12.1 Å². The highest BCUT2D eigenvalue weighted by molar-refractivity contribution is 6.30. The molecule has 0 radical (unpaired) electrons. The number of carbonyl (C=O) groups is 1. The van der Waals surface area contributed by atoms with Gasteiger partial charge in [0.15, 0.2) is 0 Å². The molecule has 1 aromatic heterocycles. The van der Waals surface area contributed by atoms with Crippen LogP contribution in [0.5, 0.6) is 0 Å². The Morgan fingerprint density at radius 1 is 1.20 bits per heavy atom. The summed E-state index contributed by atoms with van der Waals surface area (Å²) in [6.07, 6.45) is 2.15. The second kappa shape index (κ2) is 5.58. The predicted octanol–water partition coefficient (Wildman–Crippen LogP) is 1.62. The van der Waals surface area contributed by atoms with E-state index in [1.165, 1.54) is 4.80 Å². The number of likely N-dealkylation sites (tertiary alicyclic amines) is 1. The lowest BCUT2D eigenvalue weighted by Crippen LogP contribution is -2.31. The van der Waals surface area contributed by atoms with Gasteiger partial charge in [-0.3, -0.25) is 4.79 Å². The Balaban J connectivity index is 1.70. The molecule has 7 heteroatoms. The van der Waals surface area contributed by atoms with E-state index in [0.717, 1.165) is 31.5 Å². The minimum Gasteiger partial charge on any atom is -0.341 e. The Bertz CT molecular complexity index is 603. The van der Waals surface area contributed by atoms with Crippen molar-refractivity contribution in [2.45, 2.75) is 19.4 Å². The third-order valence-corrected chi connectivity index (χ3v) is 3.54. The maximum absolute atomic E-state index is 12.0. The summed E-state index contributed by atoms with van der Waals surface area (Å²) in [6.45, 7) is 1.80. The minimum atomic E-state index is 0.0440. The molecule has 3 rings (SSSR count). The average molecular weight is 292 g/mol. The fraction of sp³-hybridized carbons (Fsp3) is 0.385. The summed E-state index contributed by atoms with van der Waals surface area (Å²) >= 11 is 5.83. The molecule has 2 heterocycles. The number of aromatic nitrogens is 4. The van der Waals surface area contributed by atoms with Gasteiger partial charge in [0.25, 0.3) is 0 Å². The second-order valence-corrected chi connectivity index (χ2v) is 5.17. The molecule has 0 spiro atoms. The second-order valence-electron chi connectivity index (χ2n) is 4.74. The smallest absolute Gasteiger partial charge is 0.246 e. The van der Waals surface area contributed by atoms with Crippen molar-refractivity contribution in [1.29, 1.82) is 0 Å². The molecule has 1 aliphatic rings. The van der Waals surface area contributed by atoms with Crippen molar-refractivity contribution in [3.8, 4) is 11.4 Å². The molecule has 0 aliphatic carbocycles. The van der Waals surface area contributed by atoms with E-state index in [9.17, 15) is 4.79 Å². The summed E-state index contributed by atoms with van der Waals surface area (Å²) in [7, 11) is 0.